The Morgan fingerprint density at radius 1 is 1.32 bits per heavy atom. The van der Waals surface area contributed by atoms with Crippen LogP contribution in [-0.4, -0.2) is 43.2 Å². The largest absolute Gasteiger partial charge is 0.381 e. The lowest BCUT2D eigenvalue weighted by Gasteiger charge is -2.33. The molecule has 108 valence electrons. The van der Waals surface area contributed by atoms with E-state index in [2.05, 4.69) is 6.92 Å². The molecule has 1 amide bonds. The van der Waals surface area contributed by atoms with Gasteiger partial charge in [0.2, 0.25) is 5.91 Å². The first kappa shape index (κ1) is 13.4. The summed E-state index contributed by atoms with van der Waals surface area (Å²) in [6, 6.07) is 0.111. The highest BCUT2D eigenvalue weighted by Gasteiger charge is 2.50. The van der Waals surface area contributed by atoms with Gasteiger partial charge in [-0.2, -0.15) is 0 Å². The molecule has 5 atom stereocenters. The van der Waals surface area contributed by atoms with Gasteiger partial charge in [0.1, 0.15) is 0 Å². The second-order valence-electron chi connectivity index (χ2n) is 6.54. The van der Waals surface area contributed by atoms with E-state index in [9.17, 15) is 4.79 Å². The Labute approximate surface area is 115 Å². The summed E-state index contributed by atoms with van der Waals surface area (Å²) in [6.45, 7) is 5.40. The van der Waals surface area contributed by atoms with Crippen LogP contribution >= 0.6 is 0 Å². The molecule has 3 rings (SSSR count). The van der Waals surface area contributed by atoms with E-state index in [0.717, 1.165) is 32.7 Å². The van der Waals surface area contributed by atoms with Crippen molar-refractivity contribution < 1.29 is 9.53 Å². The Hall–Kier alpha value is -0.610. The van der Waals surface area contributed by atoms with E-state index in [1.165, 1.54) is 19.3 Å². The van der Waals surface area contributed by atoms with Crippen LogP contribution in [-0.2, 0) is 9.53 Å². The summed E-state index contributed by atoms with van der Waals surface area (Å²) in [5, 5.41) is 0. The van der Waals surface area contributed by atoms with Gasteiger partial charge >= 0.3 is 0 Å². The molecule has 3 aliphatic rings. The van der Waals surface area contributed by atoms with Gasteiger partial charge < -0.3 is 15.4 Å². The number of amides is 1. The van der Waals surface area contributed by atoms with Gasteiger partial charge in [0.05, 0.1) is 12.5 Å². The maximum atomic E-state index is 12.8. The van der Waals surface area contributed by atoms with Crippen molar-refractivity contribution in [2.45, 2.75) is 38.6 Å². The second kappa shape index (κ2) is 5.41. The summed E-state index contributed by atoms with van der Waals surface area (Å²) in [7, 11) is 0. The highest BCUT2D eigenvalue weighted by Crippen LogP contribution is 2.48. The lowest BCUT2D eigenvalue weighted by Crippen LogP contribution is -2.48. The number of rotatable bonds is 4. The van der Waals surface area contributed by atoms with Crippen LogP contribution in [0.25, 0.3) is 0 Å². The first-order chi connectivity index (χ1) is 9.20. The molecule has 5 unspecified atom stereocenters. The quantitative estimate of drug-likeness (QED) is 0.833. The molecule has 4 nitrogen and oxygen atoms in total. The SMILES string of the molecule is CCN(CC1CCOC1)C(=O)C1C2CCC(C2)C1N. The molecule has 0 aromatic rings. The number of carbonyl (C=O) groups is 1. The minimum absolute atomic E-state index is 0.0982. The standard InChI is InChI=1S/C15H26N2O2/c1-2-17(8-10-5-6-19-9-10)15(18)13-11-3-4-12(7-11)14(13)16/h10-14H,2-9,16H2,1H3. The van der Waals surface area contributed by atoms with Crippen LogP contribution in [0, 0.1) is 23.7 Å². The van der Waals surface area contributed by atoms with Crippen molar-refractivity contribution in [2.75, 3.05) is 26.3 Å². The predicted octanol–water partition coefficient (Wildman–Crippen LogP) is 1.24. The number of ether oxygens (including phenoxy) is 1. The number of hydrogen-bond acceptors (Lipinski definition) is 3. The van der Waals surface area contributed by atoms with Gasteiger partial charge in [-0.15, -0.1) is 0 Å². The molecular formula is C15H26N2O2. The molecule has 2 saturated carbocycles. The van der Waals surface area contributed by atoms with Crippen LogP contribution in [0.5, 0.6) is 0 Å². The molecule has 2 N–H and O–H groups in total. The van der Waals surface area contributed by atoms with Gasteiger partial charge in [-0.3, -0.25) is 4.79 Å². The molecule has 19 heavy (non-hydrogen) atoms. The van der Waals surface area contributed by atoms with Crippen LogP contribution in [0.4, 0.5) is 0 Å². The maximum Gasteiger partial charge on any atom is 0.227 e. The van der Waals surface area contributed by atoms with Gasteiger partial charge in [-0.05, 0) is 44.4 Å². The molecule has 1 aliphatic heterocycles. The Morgan fingerprint density at radius 2 is 2.11 bits per heavy atom. The topological polar surface area (TPSA) is 55.6 Å². The van der Waals surface area contributed by atoms with Crippen molar-refractivity contribution in [2.24, 2.45) is 29.4 Å². The van der Waals surface area contributed by atoms with Gasteiger partial charge in [0, 0.05) is 31.7 Å². The van der Waals surface area contributed by atoms with Crippen molar-refractivity contribution in [1.29, 1.82) is 0 Å². The van der Waals surface area contributed by atoms with Gasteiger partial charge in [-0.1, -0.05) is 0 Å². The van der Waals surface area contributed by atoms with Crippen molar-refractivity contribution in [3.8, 4) is 0 Å². The Bertz CT molecular complexity index is 339. The van der Waals surface area contributed by atoms with Crippen LogP contribution in [0.15, 0.2) is 0 Å². The fourth-order valence-corrected chi connectivity index (χ4v) is 4.33. The molecule has 0 spiro atoms. The normalized spacial score (nSPS) is 40.8. The lowest BCUT2D eigenvalue weighted by molar-refractivity contribution is -0.138. The maximum absolute atomic E-state index is 12.8. The number of fused-ring (bicyclic) bond motifs is 2. The van der Waals surface area contributed by atoms with Crippen LogP contribution in [0.1, 0.15) is 32.6 Å². The molecule has 2 aliphatic carbocycles. The second-order valence-corrected chi connectivity index (χ2v) is 6.54. The molecule has 0 radical (unpaired) electrons. The van der Waals surface area contributed by atoms with Crippen LogP contribution < -0.4 is 5.73 Å². The smallest absolute Gasteiger partial charge is 0.227 e. The van der Waals surface area contributed by atoms with Crippen molar-refractivity contribution in [1.82, 2.24) is 4.90 Å². The van der Waals surface area contributed by atoms with E-state index in [4.69, 9.17) is 10.5 Å². The molecule has 3 fully saturated rings. The summed E-state index contributed by atoms with van der Waals surface area (Å²) >= 11 is 0. The first-order valence-electron chi connectivity index (χ1n) is 7.82. The zero-order chi connectivity index (χ0) is 13.4. The molecule has 0 aromatic heterocycles. The zero-order valence-corrected chi connectivity index (χ0v) is 11.9. The number of hydrogen-bond donors (Lipinski definition) is 1. The van der Waals surface area contributed by atoms with E-state index < -0.39 is 0 Å². The highest BCUT2D eigenvalue weighted by molar-refractivity contribution is 5.80. The summed E-state index contributed by atoms with van der Waals surface area (Å²) in [6.07, 6.45) is 4.71. The van der Waals surface area contributed by atoms with Crippen molar-refractivity contribution in [3.63, 3.8) is 0 Å². The fraction of sp³-hybridized carbons (Fsp3) is 0.933. The summed E-state index contributed by atoms with van der Waals surface area (Å²) in [5.41, 5.74) is 6.29. The van der Waals surface area contributed by atoms with Crippen LogP contribution in [0.3, 0.4) is 0 Å². The average molecular weight is 266 g/mol. The Kier molecular flexibility index (Phi) is 3.81. The van der Waals surface area contributed by atoms with Gasteiger partial charge in [-0.25, -0.2) is 0 Å². The fourth-order valence-electron chi connectivity index (χ4n) is 4.33. The third-order valence-electron chi connectivity index (χ3n) is 5.46. The average Bonchev–Trinajstić information content (AvgIpc) is 3.12. The minimum atomic E-state index is 0.0982. The first-order valence-corrected chi connectivity index (χ1v) is 7.82. The van der Waals surface area contributed by atoms with Gasteiger partial charge in [0.15, 0.2) is 0 Å². The number of nitrogens with two attached hydrogens (primary N) is 1. The molecular weight excluding hydrogens is 240 g/mol. The third kappa shape index (κ3) is 2.40. The van der Waals surface area contributed by atoms with E-state index >= 15 is 0 Å². The minimum Gasteiger partial charge on any atom is -0.381 e. The molecule has 2 bridgehead atoms. The van der Waals surface area contributed by atoms with E-state index in [0.29, 0.717) is 23.7 Å². The number of carbonyl (C=O) groups excluding carboxylic acids is 1. The predicted molar refractivity (Wildman–Crippen MR) is 73.5 cm³/mol. The highest BCUT2D eigenvalue weighted by atomic mass is 16.5. The Morgan fingerprint density at radius 3 is 2.68 bits per heavy atom. The molecule has 1 heterocycles. The van der Waals surface area contributed by atoms with E-state index in [-0.39, 0.29) is 12.0 Å². The lowest BCUT2D eigenvalue weighted by atomic mass is 9.84. The van der Waals surface area contributed by atoms with E-state index in [1.807, 2.05) is 4.90 Å². The monoisotopic (exact) mass is 266 g/mol. The van der Waals surface area contributed by atoms with E-state index in [1.54, 1.807) is 0 Å². The van der Waals surface area contributed by atoms with Crippen molar-refractivity contribution in [3.05, 3.63) is 0 Å². The summed E-state index contributed by atoms with van der Waals surface area (Å²) in [5.74, 6) is 2.10. The number of nitrogens with zero attached hydrogens (tertiary/aromatic N) is 1. The molecule has 0 aromatic carbocycles. The third-order valence-corrected chi connectivity index (χ3v) is 5.46. The molecule has 4 heteroatoms. The summed E-state index contributed by atoms with van der Waals surface area (Å²) in [4.78, 5) is 14.8. The van der Waals surface area contributed by atoms with Crippen LogP contribution in [0.2, 0.25) is 0 Å². The summed E-state index contributed by atoms with van der Waals surface area (Å²) < 4.78 is 5.42. The van der Waals surface area contributed by atoms with Gasteiger partial charge in [0.25, 0.3) is 0 Å². The van der Waals surface area contributed by atoms with Crippen molar-refractivity contribution >= 4 is 5.91 Å². The molecule has 1 saturated heterocycles. The zero-order valence-electron chi connectivity index (χ0n) is 11.9. The Balaban J connectivity index is 1.64.